The number of carbonyl (C=O) groups excluding carboxylic acids is 3. The SMILES string of the molecule is O=C[C@H](Cc1cn(NC(=O)CN(CCCCOCc2ccccc2)CCOCc2ccccc2)cn1)NC(=O)OCc1ccccc1. The highest BCUT2D eigenvalue weighted by molar-refractivity contribution is 5.85. The molecule has 0 aliphatic carbocycles. The maximum Gasteiger partial charge on any atom is 0.408 e. The Morgan fingerprint density at radius 2 is 1.38 bits per heavy atom. The molecule has 0 bridgehead atoms. The monoisotopic (exact) mass is 641 g/mol. The van der Waals surface area contributed by atoms with Crippen LogP contribution in [0.25, 0.3) is 0 Å². The fraction of sp³-hybridized carbons (Fsp3) is 0.333. The quantitative estimate of drug-likeness (QED) is 0.101. The lowest BCUT2D eigenvalue weighted by Gasteiger charge is -2.22. The van der Waals surface area contributed by atoms with Gasteiger partial charge in [0.1, 0.15) is 19.2 Å². The number of rotatable bonds is 21. The molecule has 0 aliphatic heterocycles. The summed E-state index contributed by atoms with van der Waals surface area (Å²) in [7, 11) is 0. The van der Waals surface area contributed by atoms with Gasteiger partial charge in [0.2, 0.25) is 0 Å². The topological polar surface area (TPSA) is 124 Å². The number of benzene rings is 3. The van der Waals surface area contributed by atoms with Crippen LogP contribution in [0.15, 0.2) is 104 Å². The lowest BCUT2D eigenvalue weighted by atomic mass is 10.2. The molecule has 11 nitrogen and oxygen atoms in total. The number of imidazole rings is 1. The molecule has 0 unspecified atom stereocenters. The summed E-state index contributed by atoms with van der Waals surface area (Å²) in [6, 6.07) is 28.5. The van der Waals surface area contributed by atoms with Crippen LogP contribution in [0.2, 0.25) is 0 Å². The molecule has 0 spiro atoms. The Hall–Kier alpha value is -4.84. The van der Waals surface area contributed by atoms with Gasteiger partial charge in [-0.15, -0.1) is 0 Å². The van der Waals surface area contributed by atoms with E-state index in [0.29, 0.717) is 51.5 Å². The fourth-order valence-electron chi connectivity index (χ4n) is 4.72. The molecule has 1 atom stereocenters. The van der Waals surface area contributed by atoms with Crippen molar-refractivity contribution >= 4 is 18.3 Å². The van der Waals surface area contributed by atoms with Crippen LogP contribution in [0.3, 0.4) is 0 Å². The van der Waals surface area contributed by atoms with Crippen molar-refractivity contribution in [3.8, 4) is 0 Å². The molecule has 4 aromatic rings. The lowest BCUT2D eigenvalue weighted by Crippen LogP contribution is -2.38. The minimum absolute atomic E-state index is 0.0944. The highest BCUT2D eigenvalue weighted by atomic mass is 16.5. The standard InChI is InChI=1S/C36H43N5O6/c42-25-34(38-36(44)47-28-32-16-8-3-9-17-32)22-33-23-41(29-37-33)39-35(43)24-40(19-21-46-27-31-14-6-2-7-15-31)18-10-11-20-45-26-30-12-4-1-5-13-30/h1-9,12-17,23,25,29,34H,10-11,18-22,24,26-28H2,(H,38,44)(H,39,43)/t34-/m0/s1. The highest BCUT2D eigenvalue weighted by Crippen LogP contribution is 2.06. The zero-order valence-electron chi connectivity index (χ0n) is 26.5. The molecule has 248 valence electrons. The van der Waals surface area contributed by atoms with Crippen molar-refractivity contribution in [2.24, 2.45) is 0 Å². The molecule has 3 aromatic carbocycles. The molecule has 2 amide bonds. The van der Waals surface area contributed by atoms with Crippen molar-refractivity contribution in [1.82, 2.24) is 19.9 Å². The van der Waals surface area contributed by atoms with Crippen molar-refractivity contribution in [1.29, 1.82) is 0 Å². The molecule has 1 heterocycles. The van der Waals surface area contributed by atoms with E-state index in [1.54, 1.807) is 6.20 Å². The highest BCUT2D eigenvalue weighted by Gasteiger charge is 2.16. The number of alkyl carbamates (subject to hydrolysis) is 1. The summed E-state index contributed by atoms with van der Waals surface area (Å²) in [6.07, 6.45) is 4.88. The van der Waals surface area contributed by atoms with Gasteiger partial charge in [0.25, 0.3) is 5.91 Å². The molecule has 0 radical (unpaired) electrons. The van der Waals surface area contributed by atoms with E-state index >= 15 is 0 Å². The number of hydrogen-bond acceptors (Lipinski definition) is 8. The number of nitrogens with one attached hydrogen (secondary N) is 2. The molecule has 0 saturated heterocycles. The van der Waals surface area contributed by atoms with E-state index in [2.05, 4.69) is 20.6 Å². The molecule has 2 N–H and O–H groups in total. The second-order valence-electron chi connectivity index (χ2n) is 11.0. The second-order valence-corrected chi connectivity index (χ2v) is 11.0. The number of carbonyl (C=O) groups is 3. The van der Waals surface area contributed by atoms with Gasteiger partial charge in [-0.2, -0.15) is 0 Å². The smallest absolute Gasteiger partial charge is 0.408 e. The summed E-state index contributed by atoms with van der Waals surface area (Å²) in [5, 5.41) is 2.54. The Bertz CT molecular complexity index is 1470. The van der Waals surface area contributed by atoms with E-state index in [1.165, 1.54) is 11.0 Å². The summed E-state index contributed by atoms with van der Waals surface area (Å²) >= 11 is 0. The van der Waals surface area contributed by atoms with Crippen molar-refractivity contribution in [3.63, 3.8) is 0 Å². The first-order chi connectivity index (χ1) is 23.1. The van der Waals surface area contributed by atoms with Gasteiger partial charge < -0.3 is 24.3 Å². The van der Waals surface area contributed by atoms with E-state index in [9.17, 15) is 14.4 Å². The predicted octanol–water partition coefficient (Wildman–Crippen LogP) is 4.51. The first kappa shape index (κ1) is 35.0. The van der Waals surface area contributed by atoms with E-state index in [0.717, 1.165) is 29.5 Å². The van der Waals surface area contributed by atoms with E-state index in [4.69, 9.17) is 14.2 Å². The van der Waals surface area contributed by atoms with Gasteiger partial charge in [0.05, 0.1) is 38.1 Å². The molecule has 0 saturated carbocycles. The number of ether oxygens (including phenoxy) is 3. The predicted molar refractivity (Wildman–Crippen MR) is 178 cm³/mol. The molecule has 1 aromatic heterocycles. The Morgan fingerprint density at radius 1 is 0.787 bits per heavy atom. The molecule has 47 heavy (non-hydrogen) atoms. The van der Waals surface area contributed by atoms with E-state index < -0.39 is 12.1 Å². The van der Waals surface area contributed by atoms with E-state index in [-0.39, 0.29) is 25.5 Å². The molecule has 4 rings (SSSR count). The third kappa shape index (κ3) is 14.0. The van der Waals surface area contributed by atoms with Crippen molar-refractivity contribution < 1.29 is 28.6 Å². The van der Waals surface area contributed by atoms with Gasteiger partial charge in [-0.25, -0.2) is 14.5 Å². The first-order valence-corrected chi connectivity index (χ1v) is 15.8. The van der Waals surface area contributed by atoms with Gasteiger partial charge in [-0.3, -0.25) is 15.1 Å². The molecular weight excluding hydrogens is 598 g/mol. The minimum atomic E-state index is -0.833. The molecule has 11 heteroatoms. The van der Waals surface area contributed by atoms with Crippen molar-refractivity contribution in [3.05, 3.63) is 126 Å². The Kier molecular flexibility index (Phi) is 15.1. The van der Waals surface area contributed by atoms with Crippen LogP contribution in [0.4, 0.5) is 4.79 Å². The molecular formula is C36H43N5O6. The largest absolute Gasteiger partial charge is 0.445 e. The number of aromatic nitrogens is 2. The number of nitrogens with zero attached hydrogens (tertiary/aromatic N) is 3. The number of hydrogen-bond donors (Lipinski definition) is 2. The maximum atomic E-state index is 13.0. The number of aldehydes is 1. The minimum Gasteiger partial charge on any atom is -0.445 e. The summed E-state index contributed by atoms with van der Waals surface area (Å²) in [6.45, 7) is 3.76. The van der Waals surface area contributed by atoms with Gasteiger partial charge in [0, 0.05) is 25.8 Å². The Labute approximate surface area is 275 Å². The van der Waals surface area contributed by atoms with Crippen LogP contribution in [0, 0.1) is 0 Å². The van der Waals surface area contributed by atoms with Crippen LogP contribution in [0.1, 0.15) is 35.2 Å². The van der Waals surface area contributed by atoms with Crippen LogP contribution in [0.5, 0.6) is 0 Å². The summed E-state index contributed by atoms with van der Waals surface area (Å²) in [5.74, 6) is -0.216. The Morgan fingerprint density at radius 3 is 2.00 bits per heavy atom. The number of amides is 2. The van der Waals surface area contributed by atoms with E-state index in [1.807, 2.05) is 91.0 Å². The third-order valence-corrected chi connectivity index (χ3v) is 7.15. The summed E-state index contributed by atoms with van der Waals surface area (Å²) in [4.78, 5) is 43.1. The Balaban J connectivity index is 1.20. The van der Waals surface area contributed by atoms with Crippen molar-refractivity contribution in [2.45, 2.75) is 45.1 Å². The summed E-state index contributed by atoms with van der Waals surface area (Å²) in [5.41, 5.74) is 6.41. The molecule has 0 fully saturated rings. The summed E-state index contributed by atoms with van der Waals surface area (Å²) < 4.78 is 18.4. The zero-order chi connectivity index (χ0) is 32.9. The average Bonchev–Trinajstić information content (AvgIpc) is 3.54. The average molecular weight is 642 g/mol. The lowest BCUT2D eigenvalue weighted by molar-refractivity contribution is -0.118. The first-order valence-electron chi connectivity index (χ1n) is 15.8. The second kappa shape index (κ2) is 20.3. The van der Waals surface area contributed by atoms with Crippen LogP contribution >= 0.6 is 0 Å². The number of unbranched alkanes of at least 4 members (excludes halogenated alkanes) is 1. The maximum absolute atomic E-state index is 13.0. The van der Waals surface area contributed by atoms with Gasteiger partial charge >= 0.3 is 6.09 Å². The normalized spacial score (nSPS) is 11.6. The van der Waals surface area contributed by atoms with Crippen LogP contribution < -0.4 is 10.7 Å². The zero-order valence-corrected chi connectivity index (χ0v) is 26.5. The van der Waals surface area contributed by atoms with Crippen LogP contribution in [-0.4, -0.2) is 71.7 Å². The molecule has 0 aliphatic rings. The van der Waals surface area contributed by atoms with Gasteiger partial charge in [0.15, 0.2) is 0 Å². The van der Waals surface area contributed by atoms with Crippen molar-refractivity contribution in [2.75, 3.05) is 38.3 Å². The fourth-order valence-corrected chi connectivity index (χ4v) is 4.72. The third-order valence-electron chi connectivity index (χ3n) is 7.15. The van der Waals surface area contributed by atoms with Gasteiger partial charge in [-0.1, -0.05) is 91.0 Å². The van der Waals surface area contributed by atoms with Gasteiger partial charge in [-0.05, 0) is 36.1 Å². The van der Waals surface area contributed by atoms with Crippen LogP contribution in [-0.2, 0) is 50.0 Å².